The van der Waals surface area contributed by atoms with Gasteiger partial charge in [0.1, 0.15) is 18.1 Å². The van der Waals surface area contributed by atoms with Crippen LogP contribution >= 0.6 is 0 Å². The molecule has 3 aromatic rings. The van der Waals surface area contributed by atoms with E-state index in [4.69, 9.17) is 10.5 Å². The molecule has 4 N–H and O–H groups in total. The Hall–Kier alpha value is -3.02. The van der Waals surface area contributed by atoms with Gasteiger partial charge in [-0.25, -0.2) is 4.98 Å². The van der Waals surface area contributed by atoms with Gasteiger partial charge in [-0.3, -0.25) is 5.10 Å². The fourth-order valence-electron chi connectivity index (χ4n) is 1.89. The minimum absolute atomic E-state index is 0.176. The van der Waals surface area contributed by atoms with E-state index in [0.717, 1.165) is 5.56 Å². The minimum atomic E-state index is 0.176. The maximum Gasteiger partial charge on any atom is 0.181 e. The van der Waals surface area contributed by atoms with Crippen LogP contribution in [0.2, 0.25) is 0 Å². The number of ether oxygens (including phenoxy) is 1. The van der Waals surface area contributed by atoms with Crippen molar-refractivity contribution < 1.29 is 9.84 Å². The lowest BCUT2D eigenvalue weighted by Crippen LogP contribution is -1.98. The number of hydrogen-bond donors (Lipinski definition) is 3. The summed E-state index contributed by atoms with van der Waals surface area (Å²) in [4.78, 5) is 4.33. The molecule has 0 aliphatic rings. The zero-order valence-electron chi connectivity index (χ0n) is 11.2. The molecule has 0 saturated heterocycles. The first-order chi connectivity index (χ1) is 10.2. The topological polar surface area (TPSA) is 97.1 Å². The molecule has 0 saturated carbocycles. The lowest BCUT2D eigenvalue weighted by Gasteiger charge is -2.03. The van der Waals surface area contributed by atoms with Crippen molar-refractivity contribution in [3.63, 3.8) is 0 Å². The van der Waals surface area contributed by atoms with Crippen LogP contribution in [0.5, 0.6) is 11.5 Å². The van der Waals surface area contributed by atoms with Crippen molar-refractivity contribution in [2.45, 2.75) is 6.61 Å². The zero-order valence-corrected chi connectivity index (χ0v) is 11.2. The highest BCUT2D eigenvalue weighted by molar-refractivity contribution is 5.56. The van der Waals surface area contributed by atoms with Gasteiger partial charge in [0.15, 0.2) is 11.6 Å². The highest BCUT2D eigenvalue weighted by Crippen LogP contribution is 2.20. The Balaban J connectivity index is 1.71. The fraction of sp³-hybridized carbons (Fsp3) is 0.0667. The smallest absolute Gasteiger partial charge is 0.181 e. The monoisotopic (exact) mass is 282 g/mol. The molecular weight excluding hydrogens is 268 g/mol. The van der Waals surface area contributed by atoms with Crippen LogP contribution in [0.4, 0.5) is 5.69 Å². The third-order valence-corrected chi connectivity index (χ3v) is 2.87. The first kappa shape index (κ1) is 13.0. The molecule has 0 fully saturated rings. The Morgan fingerprint density at radius 3 is 2.81 bits per heavy atom. The number of nitrogen functional groups attached to an aromatic ring is 1. The second-order valence-corrected chi connectivity index (χ2v) is 4.52. The molecule has 6 heteroatoms. The number of nitrogens with one attached hydrogen (secondary N) is 1. The maximum absolute atomic E-state index is 9.46. The number of rotatable bonds is 4. The third kappa shape index (κ3) is 3.11. The summed E-state index contributed by atoms with van der Waals surface area (Å²) in [5.41, 5.74) is 7.06. The van der Waals surface area contributed by atoms with Gasteiger partial charge < -0.3 is 15.6 Å². The van der Waals surface area contributed by atoms with Crippen LogP contribution in [-0.4, -0.2) is 20.3 Å². The number of aromatic nitrogens is 3. The number of phenols is 1. The number of phenolic OH excluding ortho intramolecular Hbond substituents is 1. The average molecular weight is 282 g/mol. The highest BCUT2D eigenvalue weighted by atomic mass is 16.5. The summed E-state index contributed by atoms with van der Waals surface area (Å²) in [5.74, 6) is 1.95. The molecule has 0 bridgehead atoms. The quantitative estimate of drug-likeness (QED) is 0.638. The van der Waals surface area contributed by atoms with Crippen LogP contribution in [0.15, 0.2) is 48.5 Å². The average Bonchev–Trinajstić information content (AvgIpc) is 2.94. The van der Waals surface area contributed by atoms with E-state index in [0.29, 0.717) is 23.1 Å². The van der Waals surface area contributed by atoms with Gasteiger partial charge in [-0.1, -0.05) is 18.2 Å². The number of aromatic hydroxyl groups is 1. The van der Waals surface area contributed by atoms with E-state index in [2.05, 4.69) is 15.2 Å². The number of anilines is 1. The van der Waals surface area contributed by atoms with Crippen LogP contribution in [0.25, 0.3) is 11.4 Å². The molecule has 21 heavy (non-hydrogen) atoms. The molecule has 1 aromatic heterocycles. The molecule has 2 aromatic carbocycles. The molecule has 6 nitrogen and oxygen atoms in total. The normalized spacial score (nSPS) is 10.5. The first-order valence-corrected chi connectivity index (χ1v) is 6.40. The van der Waals surface area contributed by atoms with Gasteiger partial charge in [0.25, 0.3) is 0 Å². The maximum atomic E-state index is 9.46. The first-order valence-electron chi connectivity index (χ1n) is 6.40. The lowest BCUT2D eigenvalue weighted by molar-refractivity contribution is 0.296. The molecule has 0 spiro atoms. The Labute approximate surface area is 121 Å². The van der Waals surface area contributed by atoms with E-state index in [1.807, 2.05) is 18.2 Å². The van der Waals surface area contributed by atoms with Gasteiger partial charge in [0, 0.05) is 17.3 Å². The molecule has 0 atom stereocenters. The summed E-state index contributed by atoms with van der Waals surface area (Å²) < 4.78 is 5.58. The van der Waals surface area contributed by atoms with Crippen LogP contribution < -0.4 is 10.5 Å². The van der Waals surface area contributed by atoms with Crippen molar-refractivity contribution >= 4 is 5.69 Å². The Morgan fingerprint density at radius 2 is 2.00 bits per heavy atom. The fourth-order valence-corrected chi connectivity index (χ4v) is 1.89. The minimum Gasteiger partial charge on any atom is -0.508 e. The second kappa shape index (κ2) is 5.54. The number of hydrogen-bond acceptors (Lipinski definition) is 5. The summed E-state index contributed by atoms with van der Waals surface area (Å²) >= 11 is 0. The third-order valence-electron chi connectivity index (χ3n) is 2.87. The van der Waals surface area contributed by atoms with E-state index in [-0.39, 0.29) is 12.4 Å². The second-order valence-electron chi connectivity index (χ2n) is 4.52. The van der Waals surface area contributed by atoms with E-state index in [9.17, 15) is 5.11 Å². The van der Waals surface area contributed by atoms with Crippen molar-refractivity contribution in [1.29, 1.82) is 0 Å². The molecule has 0 unspecified atom stereocenters. The largest absolute Gasteiger partial charge is 0.508 e. The molecule has 3 rings (SSSR count). The number of nitrogens with zero attached hydrogens (tertiary/aromatic N) is 2. The zero-order chi connectivity index (χ0) is 14.7. The van der Waals surface area contributed by atoms with Crippen molar-refractivity contribution in [2.75, 3.05) is 5.73 Å². The number of H-pyrrole nitrogens is 1. The van der Waals surface area contributed by atoms with Gasteiger partial charge in [-0.05, 0) is 24.3 Å². The van der Waals surface area contributed by atoms with Crippen molar-refractivity contribution in [3.05, 3.63) is 54.4 Å². The van der Waals surface area contributed by atoms with Crippen molar-refractivity contribution in [1.82, 2.24) is 15.2 Å². The van der Waals surface area contributed by atoms with E-state index < -0.39 is 0 Å². The van der Waals surface area contributed by atoms with Gasteiger partial charge in [0.05, 0.1) is 0 Å². The Morgan fingerprint density at radius 1 is 1.14 bits per heavy atom. The molecule has 0 aliphatic carbocycles. The molecule has 106 valence electrons. The van der Waals surface area contributed by atoms with Crippen molar-refractivity contribution in [2.24, 2.45) is 0 Å². The van der Waals surface area contributed by atoms with Crippen LogP contribution in [0.3, 0.4) is 0 Å². The van der Waals surface area contributed by atoms with Crippen LogP contribution in [0, 0.1) is 0 Å². The lowest BCUT2D eigenvalue weighted by atomic mass is 10.2. The predicted octanol–water partition coefficient (Wildman–Crippen LogP) is 2.34. The van der Waals surface area contributed by atoms with Gasteiger partial charge >= 0.3 is 0 Å². The van der Waals surface area contributed by atoms with Gasteiger partial charge in [-0.15, -0.1) is 0 Å². The summed E-state index contributed by atoms with van der Waals surface area (Å²) in [6.45, 7) is 0.259. The van der Waals surface area contributed by atoms with E-state index in [1.54, 1.807) is 30.3 Å². The summed E-state index contributed by atoms with van der Waals surface area (Å²) in [6, 6.07) is 13.9. The summed E-state index contributed by atoms with van der Waals surface area (Å²) in [6.07, 6.45) is 0. The summed E-state index contributed by atoms with van der Waals surface area (Å²) in [5, 5.41) is 16.4. The highest BCUT2D eigenvalue weighted by Gasteiger charge is 2.07. The number of benzene rings is 2. The molecule has 0 amide bonds. The van der Waals surface area contributed by atoms with E-state index in [1.165, 1.54) is 0 Å². The number of nitrogens with two attached hydrogens (primary N) is 1. The standard InChI is InChI=1S/C15H14N4O2/c16-11-4-2-6-13(8-11)21-9-14-17-15(19-18-14)10-3-1-5-12(20)7-10/h1-8,20H,9,16H2,(H,17,18,19). The van der Waals surface area contributed by atoms with Crippen LogP contribution in [0.1, 0.15) is 5.82 Å². The van der Waals surface area contributed by atoms with E-state index >= 15 is 0 Å². The van der Waals surface area contributed by atoms with Crippen molar-refractivity contribution in [3.8, 4) is 22.9 Å². The molecular formula is C15H14N4O2. The number of aromatic amines is 1. The Bertz CT molecular complexity index is 755. The summed E-state index contributed by atoms with van der Waals surface area (Å²) in [7, 11) is 0. The SMILES string of the molecule is Nc1cccc(OCc2nc(-c3cccc(O)c3)n[nH]2)c1. The molecule has 0 radical (unpaired) electrons. The predicted molar refractivity (Wildman–Crippen MR) is 78.7 cm³/mol. The Kier molecular flexibility index (Phi) is 3.42. The van der Waals surface area contributed by atoms with Crippen LogP contribution in [-0.2, 0) is 6.61 Å². The van der Waals surface area contributed by atoms with Gasteiger partial charge in [-0.2, -0.15) is 5.10 Å². The van der Waals surface area contributed by atoms with Gasteiger partial charge in [0.2, 0.25) is 0 Å². The molecule has 1 heterocycles. The molecule has 0 aliphatic heterocycles.